The van der Waals surface area contributed by atoms with Gasteiger partial charge in [0.15, 0.2) is 0 Å². The van der Waals surface area contributed by atoms with Gasteiger partial charge in [0.25, 0.3) is 0 Å². The molecule has 0 bridgehead atoms. The molecule has 102 valence electrons. The van der Waals surface area contributed by atoms with Crippen molar-refractivity contribution in [1.82, 2.24) is 4.98 Å². The molecule has 0 amide bonds. The number of aromatic nitrogens is 1. The smallest absolute Gasteiger partial charge is 0.0813 e. The third-order valence-electron chi connectivity index (χ3n) is 3.64. The van der Waals surface area contributed by atoms with Crippen molar-refractivity contribution in [2.75, 3.05) is 5.32 Å². The van der Waals surface area contributed by atoms with Gasteiger partial charge in [-0.25, -0.2) is 4.98 Å². The number of nitrogens with zero attached hydrogens (tertiary/aromatic N) is 1. The first-order valence-electron chi connectivity index (χ1n) is 6.77. The summed E-state index contributed by atoms with van der Waals surface area (Å²) in [5, 5.41) is 3.52. The molecular weight excluding hydrogens is 264 g/mol. The third-order valence-corrected chi connectivity index (χ3v) is 4.43. The Morgan fingerprint density at radius 2 is 1.80 bits per heavy atom. The van der Waals surface area contributed by atoms with Crippen LogP contribution in [0.2, 0.25) is 0 Å². The van der Waals surface area contributed by atoms with Gasteiger partial charge in [-0.05, 0) is 55.7 Å². The molecule has 2 aromatic carbocycles. The summed E-state index contributed by atoms with van der Waals surface area (Å²) >= 11 is 1.68. The minimum Gasteiger partial charge on any atom is -0.381 e. The first-order chi connectivity index (χ1) is 9.63. The summed E-state index contributed by atoms with van der Waals surface area (Å²) in [7, 11) is 0. The Morgan fingerprint density at radius 3 is 2.55 bits per heavy atom. The zero-order valence-electron chi connectivity index (χ0n) is 12.0. The van der Waals surface area contributed by atoms with Crippen molar-refractivity contribution in [2.24, 2.45) is 0 Å². The van der Waals surface area contributed by atoms with E-state index >= 15 is 0 Å². The first kappa shape index (κ1) is 13.1. The summed E-state index contributed by atoms with van der Waals surface area (Å²) in [6.45, 7) is 7.38. The van der Waals surface area contributed by atoms with E-state index in [4.69, 9.17) is 0 Å². The molecule has 0 atom stereocenters. The number of anilines is 1. The van der Waals surface area contributed by atoms with Crippen molar-refractivity contribution in [3.63, 3.8) is 0 Å². The lowest BCUT2D eigenvalue weighted by atomic mass is 10.00. The molecule has 0 saturated carbocycles. The average molecular weight is 282 g/mol. The van der Waals surface area contributed by atoms with E-state index in [2.05, 4.69) is 61.4 Å². The van der Waals surface area contributed by atoms with Crippen LogP contribution in [0.4, 0.5) is 5.69 Å². The topological polar surface area (TPSA) is 24.9 Å². The van der Waals surface area contributed by atoms with E-state index in [-0.39, 0.29) is 0 Å². The van der Waals surface area contributed by atoms with Crippen LogP contribution in [0, 0.1) is 20.8 Å². The van der Waals surface area contributed by atoms with Crippen LogP contribution in [0.15, 0.2) is 35.8 Å². The van der Waals surface area contributed by atoms with Gasteiger partial charge in [0.1, 0.15) is 0 Å². The SMILES string of the molecule is Cc1cc(C)c(CNc2ccc3ncsc3c2)c(C)c1. The summed E-state index contributed by atoms with van der Waals surface area (Å²) in [6, 6.07) is 10.8. The summed E-state index contributed by atoms with van der Waals surface area (Å²) in [5.74, 6) is 0. The van der Waals surface area contributed by atoms with Crippen LogP contribution in [-0.2, 0) is 6.54 Å². The van der Waals surface area contributed by atoms with E-state index in [1.54, 1.807) is 11.3 Å². The highest BCUT2D eigenvalue weighted by Crippen LogP contribution is 2.23. The van der Waals surface area contributed by atoms with Crippen LogP contribution in [0.1, 0.15) is 22.3 Å². The van der Waals surface area contributed by atoms with E-state index in [9.17, 15) is 0 Å². The highest BCUT2D eigenvalue weighted by Gasteiger charge is 2.04. The lowest BCUT2D eigenvalue weighted by Gasteiger charge is -2.13. The Bertz CT molecular complexity index is 736. The van der Waals surface area contributed by atoms with Crippen LogP contribution in [0.5, 0.6) is 0 Å². The third kappa shape index (κ3) is 2.54. The maximum atomic E-state index is 4.31. The Hall–Kier alpha value is -1.87. The van der Waals surface area contributed by atoms with Gasteiger partial charge in [-0.3, -0.25) is 0 Å². The summed E-state index contributed by atoms with van der Waals surface area (Å²) < 4.78 is 1.23. The maximum Gasteiger partial charge on any atom is 0.0813 e. The number of benzene rings is 2. The molecule has 3 rings (SSSR count). The van der Waals surface area contributed by atoms with Gasteiger partial charge in [-0.15, -0.1) is 11.3 Å². The Balaban J connectivity index is 1.82. The molecule has 0 unspecified atom stereocenters. The van der Waals surface area contributed by atoms with Crippen LogP contribution in [-0.4, -0.2) is 4.98 Å². The van der Waals surface area contributed by atoms with E-state index < -0.39 is 0 Å². The molecule has 0 aliphatic heterocycles. The second-order valence-electron chi connectivity index (χ2n) is 5.27. The average Bonchev–Trinajstić information content (AvgIpc) is 2.84. The highest BCUT2D eigenvalue weighted by molar-refractivity contribution is 7.16. The Labute approximate surface area is 123 Å². The number of hydrogen-bond acceptors (Lipinski definition) is 3. The van der Waals surface area contributed by atoms with Crippen molar-refractivity contribution >= 4 is 27.2 Å². The normalized spacial score (nSPS) is 10.9. The number of rotatable bonds is 3. The van der Waals surface area contributed by atoms with Crippen LogP contribution in [0.3, 0.4) is 0 Å². The predicted octanol–water partition coefficient (Wildman–Crippen LogP) is 4.83. The minimum absolute atomic E-state index is 0.863. The zero-order chi connectivity index (χ0) is 14.1. The molecule has 0 aliphatic rings. The molecule has 1 heterocycles. The fraction of sp³-hybridized carbons (Fsp3) is 0.235. The lowest BCUT2D eigenvalue weighted by Crippen LogP contribution is -2.04. The lowest BCUT2D eigenvalue weighted by molar-refractivity contribution is 1.08. The van der Waals surface area contributed by atoms with E-state index in [1.807, 2.05) is 5.51 Å². The van der Waals surface area contributed by atoms with Crippen molar-refractivity contribution < 1.29 is 0 Å². The largest absolute Gasteiger partial charge is 0.381 e. The fourth-order valence-corrected chi connectivity index (χ4v) is 3.36. The Morgan fingerprint density at radius 1 is 1.05 bits per heavy atom. The van der Waals surface area contributed by atoms with Gasteiger partial charge in [0, 0.05) is 12.2 Å². The number of aryl methyl sites for hydroxylation is 3. The van der Waals surface area contributed by atoms with Gasteiger partial charge in [0.05, 0.1) is 15.7 Å². The number of nitrogens with one attached hydrogen (secondary N) is 1. The van der Waals surface area contributed by atoms with Crippen LogP contribution >= 0.6 is 11.3 Å². The molecule has 0 radical (unpaired) electrons. The minimum atomic E-state index is 0.863. The summed E-state index contributed by atoms with van der Waals surface area (Å²) in [5.41, 5.74) is 9.55. The maximum absolute atomic E-state index is 4.31. The number of fused-ring (bicyclic) bond motifs is 1. The molecule has 0 aliphatic carbocycles. The molecule has 0 saturated heterocycles. The van der Waals surface area contributed by atoms with Crippen LogP contribution < -0.4 is 5.32 Å². The first-order valence-corrected chi connectivity index (χ1v) is 7.65. The summed E-state index contributed by atoms with van der Waals surface area (Å²) in [4.78, 5) is 4.31. The molecule has 1 N–H and O–H groups in total. The van der Waals surface area contributed by atoms with Gasteiger partial charge >= 0.3 is 0 Å². The molecule has 1 aromatic heterocycles. The van der Waals surface area contributed by atoms with Crippen molar-refractivity contribution in [3.8, 4) is 0 Å². The molecular formula is C17H18N2S. The molecule has 3 aromatic rings. The van der Waals surface area contributed by atoms with Gasteiger partial charge in [0.2, 0.25) is 0 Å². The second kappa shape index (κ2) is 5.25. The summed E-state index contributed by atoms with van der Waals surface area (Å²) in [6.07, 6.45) is 0. The fourth-order valence-electron chi connectivity index (χ4n) is 2.64. The molecule has 0 spiro atoms. The molecule has 3 heteroatoms. The quantitative estimate of drug-likeness (QED) is 0.744. The van der Waals surface area contributed by atoms with E-state index in [1.165, 1.54) is 27.0 Å². The van der Waals surface area contributed by atoms with Gasteiger partial charge < -0.3 is 5.32 Å². The monoisotopic (exact) mass is 282 g/mol. The van der Waals surface area contributed by atoms with Crippen molar-refractivity contribution in [3.05, 3.63) is 58.1 Å². The van der Waals surface area contributed by atoms with Gasteiger partial charge in [-0.1, -0.05) is 17.7 Å². The van der Waals surface area contributed by atoms with E-state index in [0.717, 1.165) is 17.7 Å². The zero-order valence-corrected chi connectivity index (χ0v) is 12.8. The highest BCUT2D eigenvalue weighted by atomic mass is 32.1. The van der Waals surface area contributed by atoms with Crippen molar-refractivity contribution in [1.29, 1.82) is 0 Å². The number of hydrogen-bond donors (Lipinski definition) is 1. The predicted molar refractivity (Wildman–Crippen MR) is 87.6 cm³/mol. The van der Waals surface area contributed by atoms with Crippen LogP contribution in [0.25, 0.3) is 10.2 Å². The molecule has 20 heavy (non-hydrogen) atoms. The van der Waals surface area contributed by atoms with Crippen molar-refractivity contribution in [2.45, 2.75) is 27.3 Å². The number of thiazole rings is 1. The second-order valence-corrected chi connectivity index (χ2v) is 6.15. The molecule has 0 fully saturated rings. The standard InChI is InChI=1S/C17H18N2S/c1-11-6-12(2)15(13(3)7-11)9-18-14-4-5-16-17(8-14)20-10-19-16/h4-8,10,18H,9H2,1-3H3. The van der Waals surface area contributed by atoms with Gasteiger partial charge in [-0.2, -0.15) is 0 Å². The van der Waals surface area contributed by atoms with E-state index in [0.29, 0.717) is 0 Å². The molecule has 2 nitrogen and oxygen atoms in total. The Kier molecular flexibility index (Phi) is 3.45.